The zero-order valence-electron chi connectivity index (χ0n) is 66.3. The molecule has 30 nitrogen and oxygen atoms in total. The lowest BCUT2D eigenvalue weighted by atomic mass is 9.99. The van der Waals surface area contributed by atoms with Crippen molar-refractivity contribution in [2.24, 2.45) is 5.92 Å². The van der Waals surface area contributed by atoms with Crippen molar-refractivity contribution >= 4 is 94.5 Å². The van der Waals surface area contributed by atoms with Gasteiger partial charge in [-0.3, -0.25) is 67.1 Å². The van der Waals surface area contributed by atoms with E-state index in [1.54, 1.807) is 75.4 Å². The SMILES string of the molecule is CCNC(=O)[C@@H]1CSCC(=O)N[C@@H](Cc2ccccc2)C(=O)N[C@@H](C(C)C)C(=O)N2CCC[C@H]2C(=O)N[C@@H]([C@@H](C)O)C(=O)N[C@@H]([C@@H](C)O)C(=O)N[C@@H](Cc2ccc(-c3ccccc3)cc2)C(=O)N(C)[C@@H](C)C(=O)N[C@@H](Cc2ccc(-c3ccccc3)cc2)C(=O)N(C)[C@@H](C)C(=O)N[C@@H](C)C(=O)N[C@@H](C)C(=O)N2CCC[C@H]2C(=O)N1. The summed E-state index contributed by atoms with van der Waals surface area (Å²) < 4.78 is 0. The lowest BCUT2D eigenvalue weighted by Gasteiger charge is -2.33. The van der Waals surface area contributed by atoms with Gasteiger partial charge in [-0.15, -0.1) is 11.8 Å². The first-order valence-electron chi connectivity index (χ1n) is 38.7. The molecule has 0 aromatic heterocycles. The summed E-state index contributed by atoms with van der Waals surface area (Å²) in [5.41, 5.74) is 5.21. The smallest absolute Gasteiger partial charge is 0.246 e. The minimum absolute atomic E-state index is 0.0269. The van der Waals surface area contributed by atoms with E-state index < -0.39 is 179 Å². The van der Waals surface area contributed by atoms with E-state index in [2.05, 4.69) is 53.2 Å². The number of amides is 14. The molecule has 3 aliphatic rings. The number of aliphatic hydroxyl groups is 2. The summed E-state index contributed by atoms with van der Waals surface area (Å²) in [4.78, 5) is 207. The maximum Gasteiger partial charge on any atom is 0.246 e. The second-order valence-electron chi connectivity index (χ2n) is 29.7. The summed E-state index contributed by atoms with van der Waals surface area (Å²) >= 11 is 0.969. The highest BCUT2D eigenvalue weighted by atomic mass is 32.2. The molecular formula is C83H108N14O16S. The first-order valence-corrected chi connectivity index (χ1v) is 39.8. The predicted molar refractivity (Wildman–Crippen MR) is 428 cm³/mol. The Bertz CT molecular complexity index is 4220. The van der Waals surface area contributed by atoms with Crippen LogP contribution in [0.3, 0.4) is 0 Å². The summed E-state index contributed by atoms with van der Waals surface area (Å²) in [7, 11) is 2.63. The Labute approximate surface area is 668 Å². The predicted octanol–water partition coefficient (Wildman–Crippen LogP) is 1.43. The Kier molecular flexibility index (Phi) is 32.3. The van der Waals surface area contributed by atoms with E-state index in [-0.39, 0.29) is 63.2 Å². The maximum atomic E-state index is 15.2. The molecule has 0 radical (unpaired) electrons. The van der Waals surface area contributed by atoms with Crippen LogP contribution in [0.25, 0.3) is 22.3 Å². The van der Waals surface area contributed by atoms with Crippen LogP contribution in [0.4, 0.5) is 0 Å². The number of nitrogens with zero attached hydrogens (tertiary/aromatic N) is 4. The molecule has 3 heterocycles. The van der Waals surface area contributed by atoms with Gasteiger partial charge in [-0.2, -0.15) is 0 Å². The Morgan fingerprint density at radius 1 is 0.430 bits per heavy atom. The fourth-order valence-corrected chi connectivity index (χ4v) is 14.7. The van der Waals surface area contributed by atoms with Crippen molar-refractivity contribution < 1.29 is 77.3 Å². The molecule has 12 N–H and O–H groups in total. The molecule has 5 aromatic rings. The van der Waals surface area contributed by atoms with Crippen molar-refractivity contribution in [3.63, 3.8) is 0 Å². The molecule has 0 saturated carbocycles. The molecule has 0 unspecified atom stereocenters. The van der Waals surface area contributed by atoms with Gasteiger partial charge in [0.15, 0.2) is 0 Å². The average Bonchev–Trinajstić information content (AvgIpc) is 1.75. The molecule has 15 atom stereocenters. The Balaban J connectivity index is 1.11. The van der Waals surface area contributed by atoms with E-state index in [1.165, 1.54) is 65.4 Å². The van der Waals surface area contributed by atoms with Gasteiger partial charge in [-0.1, -0.05) is 153 Å². The van der Waals surface area contributed by atoms with Gasteiger partial charge in [0, 0.05) is 58.7 Å². The summed E-state index contributed by atoms with van der Waals surface area (Å²) in [6, 6.07) is 23.9. The van der Waals surface area contributed by atoms with E-state index in [1.807, 2.05) is 84.9 Å². The average molecular weight is 1590 g/mol. The van der Waals surface area contributed by atoms with Crippen LogP contribution in [0.2, 0.25) is 0 Å². The summed E-state index contributed by atoms with van der Waals surface area (Å²) in [5.74, 6) is -12.3. The molecular weight excluding hydrogens is 1480 g/mol. The zero-order valence-corrected chi connectivity index (χ0v) is 67.1. The molecule has 14 amide bonds. The molecule has 0 spiro atoms. The largest absolute Gasteiger partial charge is 0.391 e. The van der Waals surface area contributed by atoms with Crippen LogP contribution in [0.15, 0.2) is 140 Å². The second-order valence-corrected chi connectivity index (χ2v) is 30.7. The van der Waals surface area contributed by atoms with E-state index in [0.717, 1.165) is 43.8 Å². The highest BCUT2D eigenvalue weighted by molar-refractivity contribution is 8.00. The minimum atomic E-state index is -1.88. The fraction of sp³-hybridized carbons (Fsp3) is 0.470. The van der Waals surface area contributed by atoms with Gasteiger partial charge >= 0.3 is 0 Å². The molecule has 3 fully saturated rings. The number of nitrogens with one attached hydrogen (secondary N) is 10. The van der Waals surface area contributed by atoms with Crippen molar-refractivity contribution in [2.75, 3.05) is 45.2 Å². The van der Waals surface area contributed by atoms with Crippen LogP contribution in [-0.2, 0) is 86.4 Å². The number of benzene rings is 5. The monoisotopic (exact) mass is 1590 g/mol. The van der Waals surface area contributed by atoms with Crippen LogP contribution < -0.4 is 53.2 Å². The van der Waals surface area contributed by atoms with E-state index in [4.69, 9.17) is 0 Å². The zero-order chi connectivity index (χ0) is 83.2. The molecule has 0 aliphatic carbocycles. The van der Waals surface area contributed by atoms with Crippen LogP contribution in [0, 0.1) is 5.92 Å². The van der Waals surface area contributed by atoms with Crippen LogP contribution in [0.5, 0.6) is 0 Å². The molecule has 612 valence electrons. The fourth-order valence-electron chi connectivity index (χ4n) is 13.8. The third kappa shape index (κ3) is 23.8. The number of likely N-dealkylation sites (N-methyl/N-ethyl adjacent to an activating group) is 3. The number of fused-ring (bicyclic) bond motifs is 2. The first-order chi connectivity index (χ1) is 54.3. The Morgan fingerprint density at radius 3 is 1.30 bits per heavy atom. The van der Waals surface area contributed by atoms with Gasteiger partial charge in [-0.25, -0.2) is 0 Å². The van der Waals surface area contributed by atoms with Gasteiger partial charge in [0.1, 0.15) is 78.5 Å². The molecule has 31 heteroatoms. The highest BCUT2D eigenvalue weighted by Gasteiger charge is 2.44. The molecule has 8 rings (SSSR count). The van der Waals surface area contributed by atoms with Crippen molar-refractivity contribution in [2.45, 2.75) is 198 Å². The highest BCUT2D eigenvalue weighted by Crippen LogP contribution is 2.26. The maximum absolute atomic E-state index is 15.2. The van der Waals surface area contributed by atoms with Crippen LogP contribution >= 0.6 is 11.8 Å². The normalized spacial score (nSPS) is 26.0. The molecule has 114 heavy (non-hydrogen) atoms. The number of aliphatic hydroxyl groups excluding tert-OH is 2. The number of thioether (sulfide) groups is 1. The first kappa shape index (κ1) is 88.5. The number of rotatable bonds is 13. The van der Waals surface area contributed by atoms with E-state index in [0.29, 0.717) is 29.5 Å². The molecule has 0 bridgehead atoms. The molecule has 3 aliphatic heterocycles. The molecule has 5 aromatic carbocycles. The van der Waals surface area contributed by atoms with E-state index in [9.17, 15) is 72.5 Å². The van der Waals surface area contributed by atoms with Crippen LogP contribution in [0.1, 0.15) is 105 Å². The number of carbonyl (C=O) groups is 14. The number of carbonyl (C=O) groups excluding carboxylic acids is 14. The third-order valence-corrected chi connectivity index (χ3v) is 21.8. The lowest BCUT2D eigenvalue weighted by molar-refractivity contribution is -0.145. The Morgan fingerprint density at radius 2 is 0.825 bits per heavy atom. The van der Waals surface area contributed by atoms with Gasteiger partial charge in [0.25, 0.3) is 0 Å². The van der Waals surface area contributed by atoms with Crippen molar-refractivity contribution in [1.82, 2.24) is 72.8 Å². The standard InChI is InChI=1S/C83H108N14O16S/c1-12-84-74(104)64-45-114-46-67(100)87-61(42-54-24-16-13-17-25-54)75(105)91-68(47(2)3)83(113)97-41-23-31-66(97)77(107)92-70(53(9)99)79(109)93-69(52(8)98)78(108)89-63(44-56-34-38-60(39-35-56)58-28-20-15-21-29-58)82(112)95(11)51(7)73(103)88-62(43-55-32-36-59(37-33-55)57-26-18-14-19-27-57)81(111)94(10)50(6)72(102)85-48(4)71(101)86-49(5)80(110)96-40-22-30-65(96)76(106)90-64/h13-21,24-29,32-39,47-53,61-66,68-70,98-99H,12,22-23,30-31,40-46H2,1-11H3,(H,84,104)(H,85,102)(H,86,101)(H,87,100)(H,88,103)(H,89,108)(H,90,106)(H,91,105)(H,92,107)(H,93,109)/t48-,49-,50-,51-,52+,53+,61-,62-,63-,64-,65-,66-,68-,69-,70-/m0/s1. The summed E-state index contributed by atoms with van der Waals surface area (Å²) in [6.07, 6.45) is -2.83. The van der Waals surface area contributed by atoms with E-state index >= 15 is 4.79 Å². The topological polar surface area (TPSA) is 413 Å². The second kappa shape index (κ2) is 41.6. The van der Waals surface area contributed by atoms with Gasteiger partial charge < -0.3 is 83.0 Å². The quantitative estimate of drug-likeness (QED) is 0.0793. The third-order valence-electron chi connectivity index (χ3n) is 20.8. The van der Waals surface area contributed by atoms with Crippen LogP contribution in [-0.4, -0.2) is 249 Å². The van der Waals surface area contributed by atoms with Gasteiger partial charge in [-0.05, 0) is 119 Å². The minimum Gasteiger partial charge on any atom is -0.391 e. The van der Waals surface area contributed by atoms with Gasteiger partial charge in [0.05, 0.1) is 18.0 Å². The summed E-state index contributed by atoms with van der Waals surface area (Å²) in [6.45, 7) is 13.3. The Hall–Kier alpha value is -11.0. The van der Waals surface area contributed by atoms with Crippen molar-refractivity contribution in [3.05, 3.63) is 156 Å². The van der Waals surface area contributed by atoms with Gasteiger partial charge in [0.2, 0.25) is 82.7 Å². The summed E-state index contributed by atoms with van der Waals surface area (Å²) in [5, 5.41) is 49.2. The number of hydrogen-bond donors (Lipinski definition) is 12. The lowest BCUT2D eigenvalue weighted by Crippen LogP contribution is -2.63. The molecule has 3 saturated heterocycles. The number of hydrogen-bond acceptors (Lipinski definition) is 17. The van der Waals surface area contributed by atoms with Crippen molar-refractivity contribution in [3.8, 4) is 22.3 Å². The van der Waals surface area contributed by atoms with Crippen molar-refractivity contribution in [1.29, 1.82) is 0 Å².